The summed E-state index contributed by atoms with van der Waals surface area (Å²) in [5.41, 5.74) is 3.74. The molecule has 0 saturated carbocycles. The smallest absolute Gasteiger partial charge is 0.241 e. The van der Waals surface area contributed by atoms with Crippen molar-refractivity contribution in [3.8, 4) is 11.1 Å². The van der Waals surface area contributed by atoms with E-state index in [2.05, 4.69) is 5.10 Å². The summed E-state index contributed by atoms with van der Waals surface area (Å²) in [6, 6.07) is 16.9. The van der Waals surface area contributed by atoms with Gasteiger partial charge in [-0.2, -0.15) is 5.10 Å². The van der Waals surface area contributed by atoms with E-state index in [0.717, 1.165) is 21.7 Å². The molecule has 0 spiro atoms. The molecule has 0 atom stereocenters. The summed E-state index contributed by atoms with van der Waals surface area (Å²) in [6.07, 6.45) is 0.662. The number of aryl methyl sites for hydroxylation is 2. The Morgan fingerprint density at radius 3 is 2.03 bits per heavy atom. The van der Waals surface area contributed by atoms with Crippen LogP contribution in [0.2, 0.25) is 0 Å². The molecule has 0 aliphatic heterocycles. The van der Waals surface area contributed by atoms with E-state index in [1.54, 1.807) is 33.0 Å². The van der Waals surface area contributed by atoms with Crippen molar-refractivity contribution in [3.63, 3.8) is 0 Å². The topological polar surface area (TPSA) is 89.3 Å². The minimum absolute atomic E-state index is 0.0894. The molecule has 0 radical (unpaired) electrons. The molecule has 0 bridgehead atoms. The van der Waals surface area contributed by atoms with E-state index < -0.39 is 15.9 Å². The second-order valence-electron chi connectivity index (χ2n) is 7.43. The molecule has 0 fully saturated rings. The van der Waals surface area contributed by atoms with E-state index in [4.69, 9.17) is 0 Å². The fraction of sp³-hybridized carbons (Fsp3) is 0.261. The van der Waals surface area contributed by atoms with Crippen molar-refractivity contribution in [1.29, 1.82) is 0 Å². The first kappa shape index (κ1) is 22.4. The Labute approximate surface area is 182 Å². The van der Waals surface area contributed by atoms with Gasteiger partial charge in [0.25, 0.3) is 0 Å². The molecule has 8 heteroatoms. The van der Waals surface area contributed by atoms with Gasteiger partial charge in [0.2, 0.25) is 15.9 Å². The normalized spacial score (nSPS) is 11.4. The lowest BCUT2D eigenvalue weighted by Gasteiger charge is -2.20. The number of nitrogens with zero attached hydrogens (tertiary/aromatic N) is 3. The zero-order chi connectivity index (χ0) is 22.8. The summed E-state index contributed by atoms with van der Waals surface area (Å²) in [5.74, 6) is -0.878. The molecule has 0 N–H and O–H groups in total. The number of benzene rings is 2. The molecule has 0 aliphatic carbocycles. The molecule has 7 nitrogen and oxygen atoms in total. The van der Waals surface area contributed by atoms with Gasteiger partial charge in [-0.05, 0) is 25.0 Å². The Morgan fingerprint density at radius 1 is 0.935 bits per heavy atom. The van der Waals surface area contributed by atoms with Crippen molar-refractivity contribution < 1.29 is 18.0 Å². The fourth-order valence-electron chi connectivity index (χ4n) is 3.48. The molecule has 2 aromatic carbocycles. The molecular weight excluding hydrogens is 414 g/mol. The van der Waals surface area contributed by atoms with Crippen molar-refractivity contribution in [3.05, 3.63) is 71.5 Å². The van der Waals surface area contributed by atoms with Gasteiger partial charge in [-0.1, -0.05) is 54.6 Å². The minimum Gasteiger partial charge on any atom is -0.294 e. The van der Waals surface area contributed by atoms with Crippen molar-refractivity contribution >= 4 is 27.4 Å². The van der Waals surface area contributed by atoms with Crippen LogP contribution in [0.1, 0.15) is 34.6 Å². The SMILES string of the molecule is Cc1nn(C)c(C)c1N(C(=O)CCC(=O)c1ccc(-c2ccccc2)cc1)S(C)(=O)=O. The van der Waals surface area contributed by atoms with Gasteiger partial charge >= 0.3 is 0 Å². The molecule has 0 aliphatic rings. The van der Waals surface area contributed by atoms with Crippen LogP contribution in [0.5, 0.6) is 0 Å². The Morgan fingerprint density at radius 2 is 1.52 bits per heavy atom. The van der Waals surface area contributed by atoms with Crippen LogP contribution >= 0.6 is 0 Å². The lowest BCUT2D eigenvalue weighted by molar-refractivity contribution is -0.117. The van der Waals surface area contributed by atoms with Crippen LogP contribution in [0.3, 0.4) is 0 Å². The van der Waals surface area contributed by atoms with Gasteiger partial charge in [-0.3, -0.25) is 14.3 Å². The number of carbonyl (C=O) groups is 2. The van der Waals surface area contributed by atoms with Crippen molar-refractivity contribution in [2.24, 2.45) is 7.05 Å². The molecule has 0 saturated heterocycles. The Balaban J connectivity index is 1.74. The van der Waals surface area contributed by atoms with E-state index in [1.807, 2.05) is 42.5 Å². The average Bonchev–Trinajstić information content (AvgIpc) is 2.98. The number of Topliss-reactive ketones (excluding diaryl/α,β-unsaturated/α-hetero) is 1. The van der Waals surface area contributed by atoms with Crippen molar-refractivity contribution in [2.75, 3.05) is 10.6 Å². The maximum absolute atomic E-state index is 12.8. The summed E-state index contributed by atoms with van der Waals surface area (Å²) in [4.78, 5) is 25.4. The Kier molecular flexibility index (Phi) is 6.40. The highest BCUT2D eigenvalue weighted by molar-refractivity contribution is 7.92. The van der Waals surface area contributed by atoms with Gasteiger partial charge in [-0.15, -0.1) is 0 Å². The predicted molar refractivity (Wildman–Crippen MR) is 120 cm³/mol. The summed E-state index contributed by atoms with van der Waals surface area (Å²) in [5, 5.41) is 4.19. The summed E-state index contributed by atoms with van der Waals surface area (Å²) in [7, 11) is -2.20. The molecule has 162 valence electrons. The quantitative estimate of drug-likeness (QED) is 0.524. The minimum atomic E-state index is -3.88. The van der Waals surface area contributed by atoms with Crippen LogP contribution in [0.25, 0.3) is 11.1 Å². The van der Waals surface area contributed by atoms with E-state index in [1.165, 1.54) is 4.68 Å². The molecule has 0 unspecified atom stereocenters. The Hall–Kier alpha value is -3.26. The highest BCUT2D eigenvalue weighted by Crippen LogP contribution is 2.27. The van der Waals surface area contributed by atoms with Gasteiger partial charge in [-0.25, -0.2) is 12.7 Å². The van der Waals surface area contributed by atoms with E-state index in [9.17, 15) is 18.0 Å². The average molecular weight is 440 g/mol. The molecule has 1 amide bonds. The van der Waals surface area contributed by atoms with Gasteiger partial charge in [0, 0.05) is 25.5 Å². The summed E-state index contributed by atoms with van der Waals surface area (Å²) in [6.45, 7) is 3.34. The molecule has 31 heavy (non-hydrogen) atoms. The van der Waals surface area contributed by atoms with E-state index >= 15 is 0 Å². The predicted octanol–water partition coefficient (Wildman–Crippen LogP) is 3.66. The van der Waals surface area contributed by atoms with Crippen LogP contribution in [-0.2, 0) is 21.9 Å². The number of aromatic nitrogens is 2. The third kappa shape index (κ3) is 4.91. The number of hydrogen-bond acceptors (Lipinski definition) is 5. The van der Waals surface area contributed by atoms with Crippen molar-refractivity contribution in [1.82, 2.24) is 9.78 Å². The third-order valence-electron chi connectivity index (χ3n) is 5.11. The standard InChI is InChI=1S/C23H25N3O4S/c1-16-23(17(2)25(3)24-16)26(31(4,29)30)22(28)15-14-21(27)20-12-10-19(11-13-20)18-8-6-5-7-9-18/h5-13H,14-15H2,1-4H3. The number of hydrogen-bond donors (Lipinski definition) is 0. The van der Waals surface area contributed by atoms with Gasteiger partial charge < -0.3 is 0 Å². The highest BCUT2D eigenvalue weighted by atomic mass is 32.2. The van der Waals surface area contributed by atoms with Gasteiger partial charge in [0.15, 0.2) is 5.78 Å². The molecule has 1 aromatic heterocycles. The first-order valence-electron chi connectivity index (χ1n) is 9.81. The number of carbonyl (C=O) groups excluding carboxylic acids is 2. The first-order chi connectivity index (χ1) is 14.6. The van der Waals surface area contributed by atoms with Crippen LogP contribution in [0, 0.1) is 13.8 Å². The van der Waals surface area contributed by atoms with Crippen LogP contribution in [-0.4, -0.2) is 36.1 Å². The molecule has 1 heterocycles. The second-order valence-corrected chi connectivity index (χ2v) is 9.26. The zero-order valence-corrected chi connectivity index (χ0v) is 18.8. The lowest BCUT2D eigenvalue weighted by atomic mass is 10.0. The van der Waals surface area contributed by atoms with E-state index in [-0.39, 0.29) is 24.3 Å². The summed E-state index contributed by atoms with van der Waals surface area (Å²) >= 11 is 0. The third-order valence-corrected chi connectivity index (χ3v) is 6.16. The zero-order valence-electron chi connectivity index (χ0n) is 18.0. The fourth-order valence-corrected chi connectivity index (χ4v) is 4.53. The van der Waals surface area contributed by atoms with Crippen LogP contribution in [0.15, 0.2) is 54.6 Å². The number of ketones is 1. The summed E-state index contributed by atoms with van der Waals surface area (Å²) < 4.78 is 27.0. The number of amides is 1. The van der Waals surface area contributed by atoms with E-state index in [0.29, 0.717) is 17.0 Å². The number of anilines is 1. The van der Waals surface area contributed by atoms with Crippen molar-refractivity contribution in [2.45, 2.75) is 26.7 Å². The molecule has 3 aromatic rings. The lowest BCUT2D eigenvalue weighted by Crippen LogP contribution is -2.37. The monoisotopic (exact) mass is 439 g/mol. The molecule has 3 rings (SSSR count). The number of sulfonamides is 1. The maximum Gasteiger partial charge on any atom is 0.241 e. The van der Waals surface area contributed by atoms with Crippen LogP contribution in [0.4, 0.5) is 5.69 Å². The van der Waals surface area contributed by atoms with Gasteiger partial charge in [0.1, 0.15) is 5.69 Å². The first-order valence-corrected chi connectivity index (χ1v) is 11.7. The maximum atomic E-state index is 12.8. The van der Waals surface area contributed by atoms with Gasteiger partial charge in [0.05, 0.1) is 17.6 Å². The molecular formula is C23H25N3O4S. The van der Waals surface area contributed by atoms with Crippen LogP contribution < -0.4 is 4.31 Å². The number of rotatable bonds is 7. The largest absolute Gasteiger partial charge is 0.294 e. The highest BCUT2D eigenvalue weighted by Gasteiger charge is 2.30. The Bertz CT molecular complexity index is 1210. The second kappa shape index (κ2) is 8.85.